The molecule has 0 unspecified atom stereocenters. The van der Waals surface area contributed by atoms with Crippen molar-refractivity contribution in [2.75, 3.05) is 0 Å². The average molecular weight is 441 g/mol. The number of carbonyl (C=O) groups is 2. The van der Waals surface area contributed by atoms with E-state index in [0.29, 0.717) is 11.1 Å². The fourth-order valence-corrected chi connectivity index (χ4v) is 9.32. The fourth-order valence-electron chi connectivity index (χ4n) is 9.32. The van der Waals surface area contributed by atoms with E-state index in [1.807, 2.05) is 0 Å². The first-order valence-electron chi connectivity index (χ1n) is 12.9. The Bertz CT molecular complexity index is 764. The van der Waals surface area contributed by atoms with Crippen LogP contribution in [0.15, 0.2) is 23.8 Å². The summed E-state index contributed by atoms with van der Waals surface area (Å²) in [4.78, 5) is 22.7. The Hall–Kier alpha value is -1.58. The van der Waals surface area contributed by atoms with Crippen molar-refractivity contribution in [2.24, 2.45) is 40.9 Å². The summed E-state index contributed by atoms with van der Waals surface area (Å²) in [6, 6.07) is 0. The number of allylic oxidation sites excluding steroid dienone is 1. The molecule has 0 aromatic carbocycles. The molecule has 8 aliphatic carbocycles. The van der Waals surface area contributed by atoms with Crippen LogP contribution in [0.2, 0.25) is 0 Å². The van der Waals surface area contributed by atoms with Crippen LogP contribution in [0, 0.1) is 40.9 Å². The lowest BCUT2D eigenvalue weighted by molar-refractivity contribution is -0.182. The molecule has 1 N–H and O–H groups in total. The summed E-state index contributed by atoms with van der Waals surface area (Å²) in [5, 5.41) is 9.02. The molecule has 0 aliphatic heterocycles. The molecule has 0 aromatic rings. The van der Waals surface area contributed by atoms with Crippen molar-refractivity contribution in [1.29, 1.82) is 0 Å². The highest BCUT2D eigenvalue weighted by atomic mass is 16.6. The summed E-state index contributed by atoms with van der Waals surface area (Å²) in [6.45, 7) is 7.17. The number of aliphatic carboxylic acids is 1. The maximum absolute atomic E-state index is 11.7. The number of rotatable bonds is 4. The van der Waals surface area contributed by atoms with Crippen molar-refractivity contribution in [2.45, 2.75) is 96.5 Å². The van der Waals surface area contributed by atoms with Crippen LogP contribution < -0.4 is 0 Å². The van der Waals surface area contributed by atoms with Crippen molar-refractivity contribution < 1.29 is 19.4 Å². The van der Waals surface area contributed by atoms with Crippen molar-refractivity contribution >= 4 is 11.9 Å². The molecule has 0 aromatic heterocycles. The van der Waals surface area contributed by atoms with Gasteiger partial charge in [-0.25, -0.2) is 9.59 Å². The normalized spacial score (nSPS) is 45.2. The molecule has 8 aliphatic rings. The maximum atomic E-state index is 11.7. The van der Waals surface area contributed by atoms with Gasteiger partial charge in [0.05, 0.1) is 0 Å². The molecule has 0 saturated heterocycles. The largest absolute Gasteiger partial charge is 0.478 e. The molecule has 8 fully saturated rings. The number of hydrogen-bond acceptors (Lipinski definition) is 3. The Morgan fingerprint density at radius 2 is 1.16 bits per heavy atom. The van der Waals surface area contributed by atoms with E-state index in [1.54, 1.807) is 13.8 Å². The van der Waals surface area contributed by atoms with Gasteiger partial charge in [0.15, 0.2) is 0 Å². The Morgan fingerprint density at radius 1 is 0.781 bits per heavy atom. The van der Waals surface area contributed by atoms with Crippen LogP contribution in [-0.2, 0) is 14.3 Å². The Balaban J connectivity index is 0.000000135. The van der Waals surface area contributed by atoms with Crippen LogP contribution >= 0.6 is 0 Å². The first kappa shape index (κ1) is 22.2. The van der Waals surface area contributed by atoms with Gasteiger partial charge in [0.2, 0.25) is 0 Å². The number of carboxylic acid groups (broad SMARTS) is 1. The highest BCUT2D eigenvalue weighted by Gasteiger charge is 2.53. The van der Waals surface area contributed by atoms with Gasteiger partial charge in [-0.1, -0.05) is 12.7 Å². The molecule has 4 nitrogen and oxygen atoms in total. The van der Waals surface area contributed by atoms with E-state index in [2.05, 4.69) is 12.7 Å². The maximum Gasteiger partial charge on any atom is 0.333 e. The molecular formula is C28H40O4. The van der Waals surface area contributed by atoms with Crippen LogP contribution in [0.4, 0.5) is 0 Å². The second kappa shape index (κ2) is 8.02. The van der Waals surface area contributed by atoms with Gasteiger partial charge >= 0.3 is 11.9 Å². The lowest BCUT2D eigenvalue weighted by Gasteiger charge is -2.56. The van der Waals surface area contributed by atoms with Crippen molar-refractivity contribution in [3.63, 3.8) is 0 Å². The third-order valence-corrected chi connectivity index (χ3v) is 9.59. The summed E-state index contributed by atoms with van der Waals surface area (Å²) in [7, 11) is 0. The summed E-state index contributed by atoms with van der Waals surface area (Å²) >= 11 is 0. The second-order valence-corrected chi connectivity index (χ2v) is 12.7. The molecular weight excluding hydrogens is 400 g/mol. The van der Waals surface area contributed by atoms with Gasteiger partial charge in [0.25, 0.3) is 0 Å². The van der Waals surface area contributed by atoms with Gasteiger partial charge in [0.1, 0.15) is 5.60 Å². The molecule has 0 amide bonds. The Kier molecular flexibility index (Phi) is 5.57. The average Bonchev–Trinajstić information content (AvgIpc) is 2.65. The number of carbonyl (C=O) groups excluding carboxylic acids is 1. The molecule has 0 heterocycles. The Morgan fingerprint density at radius 3 is 1.50 bits per heavy atom. The monoisotopic (exact) mass is 440 g/mol. The third-order valence-electron chi connectivity index (χ3n) is 9.59. The topological polar surface area (TPSA) is 63.6 Å². The van der Waals surface area contributed by atoms with E-state index in [-0.39, 0.29) is 17.0 Å². The number of ether oxygens (including phenoxy) is 1. The molecule has 0 atom stereocenters. The Labute approximate surface area is 192 Å². The molecule has 0 spiro atoms. The summed E-state index contributed by atoms with van der Waals surface area (Å²) in [5.41, 5.74) is 1.25. The summed E-state index contributed by atoms with van der Waals surface area (Å²) in [5.74, 6) is 4.23. The van der Waals surface area contributed by atoms with Crippen LogP contribution in [-0.4, -0.2) is 22.6 Å². The number of esters is 1. The first-order chi connectivity index (χ1) is 15.1. The molecule has 176 valence electrons. The molecule has 8 bridgehead atoms. The molecule has 32 heavy (non-hydrogen) atoms. The molecule has 0 radical (unpaired) electrons. The van der Waals surface area contributed by atoms with E-state index in [1.165, 1.54) is 57.8 Å². The predicted octanol–water partition coefficient (Wildman–Crippen LogP) is 6.31. The minimum absolute atomic E-state index is 0.106. The van der Waals surface area contributed by atoms with E-state index >= 15 is 0 Å². The zero-order chi connectivity index (χ0) is 22.7. The van der Waals surface area contributed by atoms with E-state index in [0.717, 1.165) is 54.8 Å². The van der Waals surface area contributed by atoms with E-state index in [4.69, 9.17) is 9.84 Å². The summed E-state index contributed by atoms with van der Waals surface area (Å²) in [6.07, 6.45) is 17.6. The van der Waals surface area contributed by atoms with E-state index in [9.17, 15) is 9.59 Å². The van der Waals surface area contributed by atoms with Crippen molar-refractivity contribution in [3.05, 3.63) is 23.8 Å². The highest BCUT2D eigenvalue weighted by Crippen LogP contribution is 2.61. The SMILES string of the molecule is C=C(C)C(=O)OC12CC3CC(CC(C3)C1)C2.CC(=CC12CC3CC(CC(C3)C1)C2)C(=O)O. The van der Waals surface area contributed by atoms with Gasteiger partial charge < -0.3 is 9.84 Å². The van der Waals surface area contributed by atoms with Crippen LogP contribution in [0.3, 0.4) is 0 Å². The third kappa shape index (κ3) is 4.31. The minimum atomic E-state index is -0.740. The van der Waals surface area contributed by atoms with Gasteiger partial charge in [-0.3, -0.25) is 0 Å². The van der Waals surface area contributed by atoms with E-state index < -0.39 is 5.97 Å². The van der Waals surface area contributed by atoms with Crippen molar-refractivity contribution in [3.8, 4) is 0 Å². The van der Waals surface area contributed by atoms with Crippen LogP contribution in [0.5, 0.6) is 0 Å². The second-order valence-electron chi connectivity index (χ2n) is 12.7. The number of hydrogen-bond donors (Lipinski definition) is 1. The molecule has 4 heteroatoms. The quantitative estimate of drug-likeness (QED) is 0.411. The number of carboxylic acids is 1. The van der Waals surface area contributed by atoms with Gasteiger partial charge in [0, 0.05) is 11.1 Å². The standard InChI is InChI=1S/2C14H20O2/c1-9(13(15)16)5-14-6-10-2-11(7-14)4-12(3-10)8-14;1-9(2)13(15)16-14-6-10-3-11(7-14)5-12(4-10)8-14/h5,10-12H,2-4,6-8H2,1H3,(H,15,16);10-12H,1,3-8H2,2H3. The van der Waals surface area contributed by atoms with Gasteiger partial charge in [-0.05, 0) is 132 Å². The zero-order valence-electron chi connectivity index (χ0n) is 19.9. The van der Waals surface area contributed by atoms with Gasteiger partial charge in [-0.15, -0.1) is 0 Å². The van der Waals surface area contributed by atoms with Crippen LogP contribution in [0.1, 0.15) is 90.9 Å². The van der Waals surface area contributed by atoms with Crippen LogP contribution in [0.25, 0.3) is 0 Å². The van der Waals surface area contributed by atoms with Crippen molar-refractivity contribution in [1.82, 2.24) is 0 Å². The summed E-state index contributed by atoms with van der Waals surface area (Å²) < 4.78 is 5.77. The lowest BCUT2D eigenvalue weighted by Crippen LogP contribution is -2.52. The fraction of sp³-hybridized carbons (Fsp3) is 0.786. The van der Waals surface area contributed by atoms with Gasteiger partial charge in [-0.2, -0.15) is 0 Å². The zero-order valence-corrected chi connectivity index (χ0v) is 19.9. The molecule has 8 saturated carbocycles. The predicted molar refractivity (Wildman–Crippen MR) is 124 cm³/mol. The highest BCUT2D eigenvalue weighted by molar-refractivity contribution is 5.87. The lowest BCUT2D eigenvalue weighted by atomic mass is 9.49. The minimum Gasteiger partial charge on any atom is -0.478 e. The first-order valence-corrected chi connectivity index (χ1v) is 12.9. The smallest absolute Gasteiger partial charge is 0.333 e. The molecule has 8 rings (SSSR count).